The molecule has 140 valence electrons. The van der Waals surface area contributed by atoms with Gasteiger partial charge in [0, 0.05) is 19.3 Å². The largest absolute Gasteiger partial charge is 0.444 e. The van der Waals surface area contributed by atoms with Crippen LogP contribution in [-0.4, -0.2) is 59.8 Å². The number of carbonyl (C=O) groups excluding carboxylic acids is 2. The van der Waals surface area contributed by atoms with E-state index in [4.69, 9.17) is 9.57 Å². The fourth-order valence-corrected chi connectivity index (χ4v) is 2.35. The molecule has 0 unspecified atom stereocenters. The van der Waals surface area contributed by atoms with Crippen LogP contribution >= 0.6 is 15.9 Å². The van der Waals surface area contributed by atoms with Crippen LogP contribution in [0.15, 0.2) is 22.8 Å². The Morgan fingerprint density at radius 1 is 1.28 bits per heavy atom. The van der Waals surface area contributed by atoms with Gasteiger partial charge in [-0.05, 0) is 61.7 Å². The molecule has 0 saturated heterocycles. The average Bonchev–Trinajstić information content (AvgIpc) is 2.51. The summed E-state index contributed by atoms with van der Waals surface area (Å²) in [5, 5.41) is 1.09. The molecule has 1 heterocycles. The second kappa shape index (κ2) is 9.72. The Bertz CT molecular complexity index is 590. The van der Waals surface area contributed by atoms with Crippen molar-refractivity contribution in [2.75, 3.05) is 27.2 Å². The molecule has 1 rings (SSSR count). The number of hydrogen-bond acceptors (Lipinski definition) is 5. The topological polar surface area (TPSA) is 72.0 Å². The second-order valence-electron chi connectivity index (χ2n) is 6.53. The smallest absolute Gasteiger partial charge is 0.410 e. The van der Waals surface area contributed by atoms with Crippen molar-refractivity contribution in [1.82, 2.24) is 14.9 Å². The SMILES string of the molecule is CON(C)C(=O)CN(CCCc1cccc(Br)n1)C(=O)OC(C)(C)C. The molecule has 0 aliphatic carbocycles. The van der Waals surface area contributed by atoms with Gasteiger partial charge < -0.3 is 4.74 Å². The number of amides is 2. The molecule has 25 heavy (non-hydrogen) atoms. The molecule has 0 radical (unpaired) electrons. The fourth-order valence-electron chi connectivity index (χ4n) is 1.97. The second-order valence-corrected chi connectivity index (χ2v) is 7.34. The molecular formula is C17H26BrN3O4. The summed E-state index contributed by atoms with van der Waals surface area (Å²) in [6.45, 7) is 5.64. The minimum absolute atomic E-state index is 0.106. The van der Waals surface area contributed by atoms with Gasteiger partial charge >= 0.3 is 6.09 Å². The third-order valence-electron chi connectivity index (χ3n) is 3.24. The predicted octanol–water partition coefficient (Wildman–Crippen LogP) is 3.03. The lowest BCUT2D eigenvalue weighted by atomic mass is 10.2. The molecule has 2 amide bonds. The van der Waals surface area contributed by atoms with Crippen LogP contribution in [0.5, 0.6) is 0 Å². The van der Waals surface area contributed by atoms with Gasteiger partial charge in [-0.1, -0.05) is 6.07 Å². The normalized spacial score (nSPS) is 11.1. The quantitative estimate of drug-likeness (QED) is 0.505. The summed E-state index contributed by atoms with van der Waals surface area (Å²) in [4.78, 5) is 35.1. The van der Waals surface area contributed by atoms with Crippen LogP contribution in [0.25, 0.3) is 0 Å². The van der Waals surface area contributed by atoms with E-state index in [0.29, 0.717) is 19.4 Å². The van der Waals surface area contributed by atoms with Crippen molar-refractivity contribution in [1.29, 1.82) is 0 Å². The standard InChI is InChI=1S/C17H26BrN3O4/c1-17(2,3)25-16(23)21(12-15(22)20(4)24-5)11-7-9-13-8-6-10-14(18)19-13/h6,8,10H,7,9,11-12H2,1-5H3. The lowest BCUT2D eigenvalue weighted by Crippen LogP contribution is -2.44. The molecule has 0 fully saturated rings. The molecule has 0 aliphatic heterocycles. The Balaban J connectivity index is 2.69. The number of aryl methyl sites for hydroxylation is 1. The van der Waals surface area contributed by atoms with E-state index in [2.05, 4.69) is 20.9 Å². The summed E-state index contributed by atoms with van der Waals surface area (Å²) in [5.41, 5.74) is 0.288. The molecule has 1 aromatic heterocycles. The van der Waals surface area contributed by atoms with Crippen LogP contribution in [-0.2, 0) is 20.8 Å². The highest BCUT2D eigenvalue weighted by Gasteiger charge is 2.25. The van der Waals surface area contributed by atoms with E-state index in [1.165, 1.54) is 19.1 Å². The molecule has 8 heteroatoms. The lowest BCUT2D eigenvalue weighted by molar-refractivity contribution is -0.169. The van der Waals surface area contributed by atoms with Gasteiger partial charge in [-0.2, -0.15) is 0 Å². The Hall–Kier alpha value is -1.67. The van der Waals surface area contributed by atoms with Crippen molar-refractivity contribution in [2.45, 2.75) is 39.2 Å². The summed E-state index contributed by atoms with van der Waals surface area (Å²) < 4.78 is 6.16. The molecule has 0 atom stereocenters. The number of halogens is 1. The van der Waals surface area contributed by atoms with Crippen LogP contribution in [0.3, 0.4) is 0 Å². The maximum Gasteiger partial charge on any atom is 0.410 e. The number of likely N-dealkylation sites (N-methyl/N-ethyl adjacent to an activating group) is 1. The lowest BCUT2D eigenvalue weighted by Gasteiger charge is -2.28. The van der Waals surface area contributed by atoms with Crippen molar-refractivity contribution in [3.8, 4) is 0 Å². The monoisotopic (exact) mass is 415 g/mol. The number of carbonyl (C=O) groups is 2. The van der Waals surface area contributed by atoms with Gasteiger partial charge in [-0.15, -0.1) is 0 Å². The number of hydrogen-bond donors (Lipinski definition) is 0. The first kappa shape index (κ1) is 21.4. The van der Waals surface area contributed by atoms with Crippen LogP contribution < -0.4 is 0 Å². The molecule has 0 saturated carbocycles. The summed E-state index contributed by atoms with van der Waals surface area (Å²) >= 11 is 3.34. The third kappa shape index (κ3) is 8.31. The highest BCUT2D eigenvalue weighted by Crippen LogP contribution is 2.12. The number of rotatable bonds is 7. The first-order valence-electron chi connectivity index (χ1n) is 8.02. The molecule has 0 N–H and O–H groups in total. The third-order valence-corrected chi connectivity index (χ3v) is 3.68. The highest BCUT2D eigenvalue weighted by atomic mass is 79.9. The summed E-state index contributed by atoms with van der Waals surface area (Å²) in [6.07, 6.45) is 0.826. The number of pyridine rings is 1. The Morgan fingerprint density at radius 3 is 2.52 bits per heavy atom. The summed E-state index contributed by atoms with van der Waals surface area (Å²) in [7, 11) is 2.90. The van der Waals surface area contributed by atoms with Gasteiger partial charge in [-0.3, -0.25) is 14.5 Å². The van der Waals surface area contributed by atoms with Crippen molar-refractivity contribution >= 4 is 27.9 Å². The molecule has 0 bridgehead atoms. The fraction of sp³-hybridized carbons (Fsp3) is 0.588. The number of hydroxylamine groups is 2. The average molecular weight is 416 g/mol. The van der Waals surface area contributed by atoms with Crippen molar-refractivity contribution in [3.05, 3.63) is 28.5 Å². The minimum atomic E-state index is -0.628. The Kier molecular flexibility index (Phi) is 8.31. The molecule has 0 aromatic carbocycles. The van der Waals surface area contributed by atoms with Gasteiger partial charge in [-0.25, -0.2) is 14.8 Å². The van der Waals surface area contributed by atoms with Gasteiger partial charge in [0.05, 0.1) is 7.11 Å². The van der Waals surface area contributed by atoms with Crippen molar-refractivity contribution < 1.29 is 19.2 Å². The summed E-state index contributed by atoms with van der Waals surface area (Å²) in [6, 6.07) is 5.69. The Labute approximate surface area is 157 Å². The molecule has 0 spiro atoms. The van der Waals surface area contributed by atoms with Gasteiger partial charge in [0.25, 0.3) is 5.91 Å². The minimum Gasteiger partial charge on any atom is -0.444 e. The molecule has 7 nitrogen and oxygen atoms in total. The first-order valence-corrected chi connectivity index (χ1v) is 8.81. The number of nitrogens with zero attached hydrogens (tertiary/aromatic N) is 3. The zero-order valence-electron chi connectivity index (χ0n) is 15.4. The zero-order valence-corrected chi connectivity index (χ0v) is 17.0. The van der Waals surface area contributed by atoms with E-state index in [9.17, 15) is 9.59 Å². The van der Waals surface area contributed by atoms with E-state index in [0.717, 1.165) is 15.4 Å². The predicted molar refractivity (Wildman–Crippen MR) is 97.8 cm³/mol. The molecule has 1 aromatic rings. The Morgan fingerprint density at radius 2 is 1.96 bits per heavy atom. The first-order chi connectivity index (χ1) is 11.6. The molecule has 0 aliphatic rings. The van der Waals surface area contributed by atoms with Crippen LogP contribution in [0.2, 0.25) is 0 Å². The van der Waals surface area contributed by atoms with Crippen LogP contribution in [0, 0.1) is 0 Å². The van der Waals surface area contributed by atoms with E-state index in [-0.39, 0.29) is 12.5 Å². The maximum atomic E-state index is 12.4. The number of aromatic nitrogens is 1. The van der Waals surface area contributed by atoms with Crippen molar-refractivity contribution in [3.63, 3.8) is 0 Å². The van der Waals surface area contributed by atoms with Crippen molar-refractivity contribution in [2.24, 2.45) is 0 Å². The van der Waals surface area contributed by atoms with E-state index in [1.54, 1.807) is 20.8 Å². The summed E-state index contributed by atoms with van der Waals surface area (Å²) in [5.74, 6) is -0.325. The van der Waals surface area contributed by atoms with Gasteiger partial charge in [0.1, 0.15) is 16.7 Å². The van der Waals surface area contributed by atoms with E-state index < -0.39 is 11.7 Å². The van der Waals surface area contributed by atoms with Gasteiger partial charge in [0.15, 0.2) is 0 Å². The number of ether oxygens (including phenoxy) is 1. The maximum absolute atomic E-state index is 12.4. The highest BCUT2D eigenvalue weighted by molar-refractivity contribution is 9.10. The van der Waals surface area contributed by atoms with Gasteiger partial charge in [0.2, 0.25) is 0 Å². The van der Waals surface area contributed by atoms with Crippen LogP contribution in [0.4, 0.5) is 4.79 Å². The van der Waals surface area contributed by atoms with E-state index in [1.807, 2.05) is 18.2 Å². The zero-order chi connectivity index (χ0) is 19.0. The molecular weight excluding hydrogens is 390 g/mol. The van der Waals surface area contributed by atoms with Crippen LogP contribution in [0.1, 0.15) is 32.9 Å². The van der Waals surface area contributed by atoms with E-state index >= 15 is 0 Å².